The molecule has 1 nitrogen and oxygen atoms in total. The number of hydrogen-bond donors (Lipinski definition) is 0. The lowest BCUT2D eigenvalue weighted by Gasteiger charge is -2.03. The van der Waals surface area contributed by atoms with E-state index in [0.717, 1.165) is 12.4 Å². The third-order valence-electron chi connectivity index (χ3n) is 1.04. The molecule has 1 atom stereocenters. The van der Waals surface area contributed by atoms with Crippen LogP contribution in [-0.2, 0) is 4.74 Å². The molecule has 0 amide bonds. The van der Waals surface area contributed by atoms with E-state index in [2.05, 4.69) is 25.3 Å². The topological polar surface area (TPSA) is 9.23 Å². The minimum absolute atomic E-state index is 0.268. The standard InChI is InChI=1S/C8H16OS/c1-4-9-8(3)6-7-10-5-2/h6-8H,4-5H2,1-3H3/b7-6-. The van der Waals surface area contributed by atoms with Crippen LogP contribution in [0.1, 0.15) is 20.8 Å². The van der Waals surface area contributed by atoms with E-state index in [4.69, 9.17) is 4.74 Å². The molecule has 0 aliphatic heterocycles. The van der Waals surface area contributed by atoms with Crippen molar-refractivity contribution in [3.63, 3.8) is 0 Å². The molecule has 0 aliphatic rings. The highest BCUT2D eigenvalue weighted by Crippen LogP contribution is 2.02. The fourth-order valence-corrected chi connectivity index (χ4v) is 1.11. The Kier molecular flexibility index (Phi) is 7.20. The molecule has 0 aromatic heterocycles. The Bertz CT molecular complexity index is 91.3. The summed E-state index contributed by atoms with van der Waals surface area (Å²) >= 11 is 1.80. The molecule has 0 aliphatic carbocycles. The number of hydrogen-bond acceptors (Lipinski definition) is 2. The van der Waals surface area contributed by atoms with E-state index >= 15 is 0 Å². The Morgan fingerprint density at radius 3 is 2.70 bits per heavy atom. The first-order chi connectivity index (χ1) is 4.81. The van der Waals surface area contributed by atoms with Gasteiger partial charge in [0.05, 0.1) is 6.10 Å². The van der Waals surface area contributed by atoms with Crippen LogP contribution in [0.15, 0.2) is 11.5 Å². The first-order valence-corrected chi connectivity index (χ1v) is 4.76. The van der Waals surface area contributed by atoms with Gasteiger partial charge in [0.2, 0.25) is 0 Å². The molecule has 0 radical (unpaired) electrons. The predicted molar refractivity (Wildman–Crippen MR) is 48.4 cm³/mol. The van der Waals surface area contributed by atoms with E-state index in [9.17, 15) is 0 Å². The van der Waals surface area contributed by atoms with Gasteiger partial charge in [-0.15, -0.1) is 11.8 Å². The van der Waals surface area contributed by atoms with E-state index in [1.165, 1.54) is 0 Å². The van der Waals surface area contributed by atoms with Crippen LogP contribution in [0, 0.1) is 0 Å². The van der Waals surface area contributed by atoms with Crippen molar-refractivity contribution in [2.24, 2.45) is 0 Å². The van der Waals surface area contributed by atoms with E-state index < -0.39 is 0 Å². The van der Waals surface area contributed by atoms with Crippen molar-refractivity contribution in [3.8, 4) is 0 Å². The highest BCUT2D eigenvalue weighted by molar-refractivity contribution is 8.02. The van der Waals surface area contributed by atoms with Crippen LogP contribution in [0.2, 0.25) is 0 Å². The van der Waals surface area contributed by atoms with Crippen LogP contribution >= 0.6 is 11.8 Å². The van der Waals surface area contributed by atoms with Gasteiger partial charge in [-0.05, 0) is 31.1 Å². The summed E-state index contributed by atoms with van der Waals surface area (Å²) in [6.45, 7) is 7.00. The SMILES string of the molecule is CCOC(C)/C=C\SCC. The van der Waals surface area contributed by atoms with E-state index in [1.54, 1.807) is 11.8 Å². The summed E-state index contributed by atoms with van der Waals surface area (Å²) in [4.78, 5) is 0. The molecule has 1 unspecified atom stereocenters. The van der Waals surface area contributed by atoms with Gasteiger partial charge in [0.1, 0.15) is 0 Å². The summed E-state index contributed by atoms with van der Waals surface area (Å²) in [5.74, 6) is 1.13. The predicted octanol–water partition coefficient (Wildman–Crippen LogP) is 2.68. The molecule has 0 aromatic carbocycles. The average molecular weight is 160 g/mol. The Morgan fingerprint density at radius 1 is 1.50 bits per heavy atom. The van der Waals surface area contributed by atoms with Crippen LogP contribution in [0.4, 0.5) is 0 Å². The highest BCUT2D eigenvalue weighted by atomic mass is 32.2. The van der Waals surface area contributed by atoms with Gasteiger partial charge < -0.3 is 4.74 Å². The average Bonchev–Trinajstić information content (AvgIpc) is 1.89. The minimum atomic E-state index is 0.268. The van der Waals surface area contributed by atoms with E-state index in [0.29, 0.717) is 0 Å². The summed E-state index contributed by atoms with van der Waals surface area (Å²) in [6, 6.07) is 0. The molecule has 0 saturated heterocycles. The molecule has 10 heavy (non-hydrogen) atoms. The lowest BCUT2D eigenvalue weighted by atomic mass is 10.4. The molecule has 0 fully saturated rings. The Morgan fingerprint density at radius 2 is 2.20 bits per heavy atom. The molecule has 0 heterocycles. The Balaban J connectivity index is 3.26. The lowest BCUT2D eigenvalue weighted by Crippen LogP contribution is -2.02. The Labute approximate surface area is 67.8 Å². The van der Waals surface area contributed by atoms with Crippen LogP contribution in [0.5, 0.6) is 0 Å². The zero-order chi connectivity index (χ0) is 7.82. The first-order valence-electron chi connectivity index (χ1n) is 3.71. The third-order valence-corrected chi connectivity index (χ3v) is 1.72. The number of thioether (sulfide) groups is 1. The second kappa shape index (κ2) is 7.16. The van der Waals surface area contributed by atoms with Crippen molar-refractivity contribution in [2.75, 3.05) is 12.4 Å². The smallest absolute Gasteiger partial charge is 0.0735 e. The highest BCUT2D eigenvalue weighted by Gasteiger charge is 1.91. The lowest BCUT2D eigenvalue weighted by molar-refractivity contribution is 0.110. The molecule has 0 N–H and O–H groups in total. The van der Waals surface area contributed by atoms with Gasteiger partial charge in [0.25, 0.3) is 0 Å². The van der Waals surface area contributed by atoms with Crippen molar-refractivity contribution in [1.29, 1.82) is 0 Å². The van der Waals surface area contributed by atoms with Gasteiger partial charge in [-0.3, -0.25) is 0 Å². The molecule has 2 heteroatoms. The van der Waals surface area contributed by atoms with Crippen LogP contribution in [0.3, 0.4) is 0 Å². The molecule has 60 valence electrons. The maximum atomic E-state index is 5.29. The van der Waals surface area contributed by atoms with Gasteiger partial charge in [-0.1, -0.05) is 6.92 Å². The Hall–Kier alpha value is 0.0500. The molecule has 0 spiro atoms. The van der Waals surface area contributed by atoms with Crippen LogP contribution < -0.4 is 0 Å². The van der Waals surface area contributed by atoms with Crippen molar-refractivity contribution in [2.45, 2.75) is 26.9 Å². The number of rotatable bonds is 5. The third kappa shape index (κ3) is 6.17. The zero-order valence-electron chi connectivity index (χ0n) is 6.96. The monoisotopic (exact) mass is 160 g/mol. The van der Waals surface area contributed by atoms with Gasteiger partial charge in [-0.25, -0.2) is 0 Å². The fraction of sp³-hybridized carbons (Fsp3) is 0.750. The normalized spacial score (nSPS) is 14.3. The van der Waals surface area contributed by atoms with Gasteiger partial charge in [0.15, 0.2) is 0 Å². The van der Waals surface area contributed by atoms with Crippen LogP contribution in [0.25, 0.3) is 0 Å². The minimum Gasteiger partial charge on any atom is -0.375 e. The van der Waals surface area contributed by atoms with E-state index in [-0.39, 0.29) is 6.10 Å². The summed E-state index contributed by atoms with van der Waals surface area (Å²) in [7, 11) is 0. The zero-order valence-corrected chi connectivity index (χ0v) is 7.78. The van der Waals surface area contributed by atoms with Crippen molar-refractivity contribution in [3.05, 3.63) is 11.5 Å². The molecule has 0 bridgehead atoms. The summed E-state index contributed by atoms with van der Waals surface area (Å²) in [5.41, 5.74) is 0. The maximum absolute atomic E-state index is 5.29. The van der Waals surface area contributed by atoms with Gasteiger partial charge >= 0.3 is 0 Å². The molecule has 0 saturated carbocycles. The van der Waals surface area contributed by atoms with Gasteiger partial charge in [0, 0.05) is 6.61 Å². The first kappa shape index (κ1) is 10.0. The van der Waals surface area contributed by atoms with Gasteiger partial charge in [-0.2, -0.15) is 0 Å². The van der Waals surface area contributed by atoms with E-state index in [1.807, 2.05) is 6.92 Å². The summed E-state index contributed by atoms with van der Waals surface area (Å²) in [5, 5.41) is 2.10. The molecular weight excluding hydrogens is 144 g/mol. The molecular formula is C8H16OS. The maximum Gasteiger partial charge on any atom is 0.0735 e. The number of ether oxygens (including phenoxy) is 1. The summed E-state index contributed by atoms with van der Waals surface area (Å²) < 4.78 is 5.29. The molecule has 0 aromatic rings. The summed E-state index contributed by atoms with van der Waals surface area (Å²) in [6.07, 6.45) is 2.35. The second-order valence-electron chi connectivity index (χ2n) is 1.94. The van der Waals surface area contributed by atoms with Crippen LogP contribution in [-0.4, -0.2) is 18.5 Å². The fourth-order valence-electron chi connectivity index (χ4n) is 0.581. The van der Waals surface area contributed by atoms with Crippen molar-refractivity contribution in [1.82, 2.24) is 0 Å². The molecule has 0 rings (SSSR count). The quantitative estimate of drug-likeness (QED) is 0.611. The second-order valence-corrected chi connectivity index (χ2v) is 3.13. The van der Waals surface area contributed by atoms with Crippen molar-refractivity contribution < 1.29 is 4.74 Å². The van der Waals surface area contributed by atoms with Crippen molar-refractivity contribution >= 4 is 11.8 Å². The largest absolute Gasteiger partial charge is 0.375 e.